The fourth-order valence-electron chi connectivity index (χ4n) is 6.75. The molecule has 4 aliphatic heterocycles. The van der Waals surface area contributed by atoms with Crippen molar-refractivity contribution in [3.05, 3.63) is 24.3 Å². The number of carbonyl (C=O) groups excluding carboxylic acids is 3. The first-order valence-electron chi connectivity index (χ1n) is 13.8. The summed E-state index contributed by atoms with van der Waals surface area (Å²) in [6, 6.07) is -0.809. The van der Waals surface area contributed by atoms with E-state index in [1.807, 2.05) is 61.8 Å². The highest BCUT2D eigenvalue weighted by Gasteiger charge is 2.75. The summed E-state index contributed by atoms with van der Waals surface area (Å²) < 4.78 is 6.95. The van der Waals surface area contributed by atoms with Crippen molar-refractivity contribution in [2.45, 2.75) is 89.5 Å². The van der Waals surface area contributed by atoms with Gasteiger partial charge < -0.3 is 24.5 Å². The molecule has 36 heavy (non-hydrogen) atoms. The summed E-state index contributed by atoms with van der Waals surface area (Å²) >= 11 is 0. The van der Waals surface area contributed by atoms with Crippen molar-refractivity contribution >= 4 is 17.7 Å². The molecule has 1 unspecified atom stereocenters. The molecule has 0 aromatic rings. The number of amides is 3. The van der Waals surface area contributed by atoms with Gasteiger partial charge in [-0.3, -0.25) is 14.4 Å². The van der Waals surface area contributed by atoms with Gasteiger partial charge in [-0.05, 0) is 39.5 Å². The first-order chi connectivity index (χ1) is 17.3. The molecular formula is C28H43N3O5. The molecule has 1 N–H and O–H groups in total. The summed E-state index contributed by atoms with van der Waals surface area (Å²) in [7, 11) is 0. The van der Waals surface area contributed by atoms with E-state index in [4.69, 9.17) is 9.84 Å². The second-order valence-corrected chi connectivity index (χ2v) is 11.0. The lowest BCUT2D eigenvalue weighted by Crippen LogP contribution is -2.57. The van der Waals surface area contributed by atoms with Crippen LogP contribution in [0.4, 0.5) is 0 Å². The number of unbranched alkanes of at least 4 members (excludes halogenated alkanes) is 3. The van der Waals surface area contributed by atoms with Gasteiger partial charge in [0.05, 0.1) is 17.4 Å². The Kier molecular flexibility index (Phi) is 7.95. The maximum atomic E-state index is 14.2. The summed E-state index contributed by atoms with van der Waals surface area (Å²) in [6.07, 6.45) is 12.5. The van der Waals surface area contributed by atoms with Crippen LogP contribution in [0.25, 0.3) is 0 Å². The predicted molar refractivity (Wildman–Crippen MR) is 137 cm³/mol. The van der Waals surface area contributed by atoms with Gasteiger partial charge in [0.15, 0.2) is 0 Å². The highest BCUT2D eigenvalue weighted by atomic mass is 16.5. The third-order valence-corrected chi connectivity index (χ3v) is 8.48. The Morgan fingerprint density at radius 1 is 0.944 bits per heavy atom. The number of aliphatic hydroxyl groups excluding tert-OH is 1. The molecule has 1 spiro atoms. The third kappa shape index (κ3) is 4.20. The molecule has 0 radical (unpaired) electrons. The maximum absolute atomic E-state index is 14.2. The second-order valence-electron chi connectivity index (χ2n) is 11.0. The molecular weight excluding hydrogens is 458 g/mol. The zero-order valence-corrected chi connectivity index (χ0v) is 22.3. The maximum Gasteiger partial charge on any atom is 0.249 e. The molecule has 0 saturated carbocycles. The van der Waals surface area contributed by atoms with Crippen molar-refractivity contribution in [2.24, 2.45) is 11.8 Å². The molecule has 4 aliphatic rings. The van der Waals surface area contributed by atoms with E-state index >= 15 is 0 Å². The highest BCUT2D eigenvalue weighted by molar-refractivity contribution is 6.00. The number of nitrogens with zero attached hydrogens (tertiary/aromatic N) is 3. The van der Waals surface area contributed by atoms with E-state index in [1.54, 1.807) is 4.90 Å². The van der Waals surface area contributed by atoms with E-state index in [0.717, 1.165) is 32.1 Å². The van der Waals surface area contributed by atoms with Crippen LogP contribution in [0.5, 0.6) is 0 Å². The number of hydrogen-bond acceptors (Lipinski definition) is 5. The van der Waals surface area contributed by atoms with E-state index in [1.165, 1.54) is 0 Å². The molecule has 2 saturated heterocycles. The van der Waals surface area contributed by atoms with Crippen LogP contribution in [0, 0.1) is 11.8 Å². The van der Waals surface area contributed by atoms with Crippen LogP contribution in [-0.2, 0) is 19.1 Å². The molecule has 4 rings (SSSR count). The molecule has 8 heteroatoms. The number of aliphatic hydroxyl groups is 1. The molecule has 4 heterocycles. The molecule has 2 fully saturated rings. The van der Waals surface area contributed by atoms with Gasteiger partial charge in [0.25, 0.3) is 0 Å². The van der Waals surface area contributed by atoms with E-state index in [9.17, 15) is 14.4 Å². The highest BCUT2D eigenvalue weighted by Crippen LogP contribution is 2.58. The lowest BCUT2D eigenvalue weighted by atomic mass is 9.73. The first kappa shape index (κ1) is 26.9. The van der Waals surface area contributed by atoms with E-state index in [-0.39, 0.29) is 30.4 Å². The Morgan fingerprint density at radius 2 is 1.67 bits per heavy atom. The molecule has 5 atom stereocenters. The molecule has 0 bridgehead atoms. The van der Waals surface area contributed by atoms with Crippen molar-refractivity contribution in [3.63, 3.8) is 0 Å². The average molecular weight is 502 g/mol. The van der Waals surface area contributed by atoms with Gasteiger partial charge in [-0.25, -0.2) is 0 Å². The summed E-state index contributed by atoms with van der Waals surface area (Å²) in [5.74, 6) is -1.70. The molecule has 3 amide bonds. The van der Waals surface area contributed by atoms with Crippen molar-refractivity contribution in [1.82, 2.24) is 14.7 Å². The fraction of sp³-hybridized carbons (Fsp3) is 0.750. The van der Waals surface area contributed by atoms with Crippen LogP contribution in [0.15, 0.2) is 24.3 Å². The summed E-state index contributed by atoms with van der Waals surface area (Å²) in [5, 5.41) is 9.11. The smallest absolute Gasteiger partial charge is 0.249 e. The lowest BCUT2D eigenvalue weighted by Gasteiger charge is -2.39. The third-order valence-electron chi connectivity index (χ3n) is 8.48. The van der Waals surface area contributed by atoms with Crippen LogP contribution in [0.2, 0.25) is 0 Å². The number of ether oxygens (including phenoxy) is 1. The first-order valence-corrected chi connectivity index (χ1v) is 13.8. The van der Waals surface area contributed by atoms with Crippen LogP contribution >= 0.6 is 0 Å². The average Bonchev–Trinajstić information content (AvgIpc) is 3.13. The normalized spacial score (nSPS) is 33.8. The monoisotopic (exact) mass is 501 g/mol. The van der Waals surface area contributed by atoms with E-state index in [2.05, 4.69) is 0 Å². The Balaban J connectivity index is 1.78. The summed E-state index contributed by atoms with van der Waals surface area (Å²) in [6.45, 7) is 10.2. The van der Waals surface area contributed by atoms with Gasteiger partial charge in [0, 0.05) is 38.8 Å². The molecule has 0 aromatic carbocycles. The Morgan fingerprint density at radius 3 is 2.33 bits per heavy atom. The number of rotatable bonds is 10. The SMILES string of the molecule is CCCN1CC=C[C@@]2(CC)O[C@]34C=CCN(C(C)C)C(=O)C3N(CCCCCCO)C(=O)[C@@H]4[C@H]2C1=O. The van der Waals surface area contributed by atoms with Crippen LogP contribution < -0.4 is 0 Å². The number of hydrogen-bond donors (Lipinski definition) is 1. The van der Waals surface area contributed by atoms with Crippen molar-refractivity contribution in [1.29, 1.82) is 0 Å². The minimum absolute atomic E-state index is 0.0218. The quantitative estimate of drug-likeness (QED) is 0.367. The molecule has 8 nitrogen and oxygen atoms in total. The Bertz CT molecular complexity index is 917. The topological polar surface area (TPSA) is 90.4 Å². The Hall–Kier alpha value is -2.19. The van der Waals surface area contributed by atoms with Gasteiger partial charge >= 0.3 is 0 Å². The zero-order valence-electron chi connectivity index (χ0n) is 22.3. The van der Waals surface area contributed by atoms with Gasteiger partial charge in [0.1, 0.15) is 11.6 Å². The number of likely N-dealkylation sites (tertiary alicyclic amines) is 1. The second kappa shape index (κ2) is 10.7. The van der Waals surface area contributed by atoms with Crippen molar-refractivity contribution < 1.29 is 24.2 Å². The largest absolute Gasteiger partial charge is 0.396 e. The van der Waals surface area contributed by atoms with Crippen molar-refractivity contribution in [2.75, 3.05) is 32.8 Å². The molecule has 0 aromatic heterocycles. The Labute approximate surface area is 215 Å². The van der Waals surface area contributed by atoms with Gasteiger partial charge in [-0.1, -0.05) is 51.0 Å². The minimum atomic E-state index is -1.17. The summed E-state index contributed by atoms with van der Waals surface area (Å²) in [5.41, 5.74) is -2.08. The molecule has 0 aliphatic carbocycles. The fourth-order valence-corrected chi connectivity index (χ4v) is 6.75. The summed E-state index contributed by atoms with van der Waals surface area (Å²) in [4.78, 5) is 47.7. The van der Waals surface area contributed by atoms with Crippen LogP contribution in [0.3, 0.4) is 0 Å². The van der Waals surface area contributed by atoms with Crippen molar-refractivity contribution in [3.8, 4) is 0 Å². The molecule has 200 valence electrons. The minimum Gasteiger partial charge on any atom is -0.396 e. The number of carbonyl (C=O) groups is 3. The van der Waals surface area contributed by atoms with Gasteiger partial charge in [-0.15, -0.1) is 0 Å². The van der Waals surface area contributed by atoms with E-state index in [0.29, 0.717) is 32.6 Å². The van der Waals surface area contributed by atoms with Gasteiger partial charge in [0.2, 0.25) is 17.7 Å². The predicted octanol–water partition coefficient (Wildman–Crippen LogP) is 2.52. The van der Waals surface area contributed by atoms with Crippen LogP contribution in [0.1, 0.15) is 66.2 Å². The van der Waals surface area contributed by atoms with Crippen LogP contribution in [-0.4, -0.2) is 93.6 Å². The number of fused-ring (bicyclic) bond motifs is 2. The lowest BCUT2D eigenvalue weighted by molar-refractivity contribution is -0.155. The van der Waals surface area contributed by atoms with Gasteiger partial charge in [-0.2, -0.15) is 0 Å². The van der Waals surface area contributed by atoms with E-state index < -0.39 is 29.1 Å². The standard InChI is InChI=1S/C28H43N3O5/c1-5-15-29-16-11-13-27(6-2)21(24(29)33)22-25(34)31(17-9-7-8-10-19-32)23-26(35)30(20(3)4)18-12-14-28(22,23)36-27/h11-14,20-23,32H,5-10,15-19H2,1-4H3/t21-,22-,23?,27+,28-/m0/s1. The zero-order chi connectivity index (χ0) is 26.1.